The van der Waals surface area contributed by atoms with E-state index in [2.05, 4.69) is 52.6 Å². The first-order chi connectivity index (χ1) is 11.8. The van der Waals surface area contributed by atoms with E-state index in [1.165, 1.54) is 0 Å². The fourth-order valence-corrected chi connectivity index (χ4v) is 4.96. The summed E-state index contributed by atoms with van der Waals surface area (Å²) >= 11 is 0. The standard InChI is InChI=1S/C21H37NO3Si/c1-10-11-18(25-26(8,9)21(5,6)7)16-14-15-12-13-17(16)22(15)19(23)24-20(2,3)4/h10,12-13,15-18H,1,11,14H2,2-9H3/t15-,16+,17+,18-/m0/s1. The van der Waals surface area contributed by atoms with E-state index < -0.39 is 13.9 Å². The van der Waals surface area contributed by atoms with Crippen molar-refractivity contribution < 1.29 is 14.0 Å². The Bertz CT molecular complexity index is 571. The number of amides is 1. The summed E-state index contributed by atoms with van der Waals surface area (Å²) < 4.78 is 12.4. The van der Waals surface area contributed by atoms with Gasteiger partial charge in [0.1, 0.15) is 5.60 Å². The maximum Gasteiger partial charge on any atom is 0.411 e. The Labute approximate surface area is 160 Å². The molecule has 0 radical (unpaired) electrons. The largest absolute Gasteiger partial charge is 0.444 e. The van der Waals surface area contributed by atoms with E-state index >= 15 is 0 Å². The van der Waals surface area contributed by atoms with Crippen molar-refractivity contribution in [2.24, 2.45) is 5.92 Å². The van der Waals surface area contributed by atoms with Gasteiger partial charge in [-0.05, 0) is 51.7 Å². The van der Waals surface area contributed by atoms with Crippen LogP contribution in [-0.2, 0) is 9.16 Å². The quantitative estimate of drug-likeness (QED) is 0.466. The number of hydrogen-bond acceptors (Lipinski definition) is 3. The second-order valence-electron chi connectivity index (χ2n) is 10.2. The molecular weight excluding hydrogens is 342 g/mol. The van der Waals surface area contributed by atoms with E-state index in [1.807, 2.05) is 31.7 Å². The van der Waals surface area contributed by atoms with Crippen LogP contribution in [0.4, 0.5) is 4.79 Å². The van der Waals surface area contributed by atoms with Gasteiger partial charge >= 0.3 is 6.09 Å². The van der Waals surface area contributed by atoms with Crippen molar-refractivity contribution in [2.45, 2.75) is 96.3 Å². The topological polar surface area (TPSA) is 38.8 Å². The van der Waals surface area contributed by atoms with Gasteiger partial charge in [-0.1, -0.05) is 39.0 Å². The van der Waals surface area contributed by atoms with Crippen LogP contribution in [0.25, 0.3) is 0 Å². The molecule has 1 fully saturated rings. The van der Waals surface area contributed by atoms with Crippen LogP contribution >= 0.6 is 0 Å². The molecule has 0 spiro atoms. The third-order valence-electron chi connectivity index (χ3n) is 5.89. The summed E-state index contributed by atoms with van der Waals surface area (Å²) in [5, 5.41) is 0.157. The molecule has 1 amide bonds. The van der Waals surface area contributed by atoms with Gasteiger partial charge in [0.05, 0.1) is 18.2 Å². The van der Waals surface area contributed by atoms with Crippen LogP contribution in [-0.4, -0.2) is 43.1 Å². The Morgan fingerprint density at radius 2 is 1.88 bits per heavy atom. The average molecular weight is 380 g/mol. The molecule has 148 valence electrons. The summed E-state index contributed by atoms with van der Waals surface area (Å²) in [7, 11) is -1.89. The first-order valence-electron chi connectivity index (χ1n) is 9.75. The number of carbonyl (C=O) groups excluding carboxylic acids is 1. The van der Waals surface area contributed by atoms with Crippen LogP contribution < -0.4 is 0 Å². The SMILES string of the molecule is C=CC[C@H](O[Si](C)(C)C(C)(C)C)[C@@H]1C[C@@H]2C=C[C@H]1N2C(=O)OC(C)(C)C. The van der Waals surface area contributed by atoms with E-state index in [1.54, 1.807) is 0 Å². The smallest absolute Gasteiger partial charge is 0.411 e. The highest BCUT2D eigenvalue weighted by molar-refractivity contribution is 6.74. The molecule has 5 heteroatoms. The predicted molar refractivity (Wildman–Crippen MR) is 110 cm³/mol. The summed E-state index contributed by atoms with van der Waals surface area (Å²) in [5.74, 6) is 0.296. The molecule has 0 aromatic carbocycles. The lowest BCUT2D eigenvalue weighted by molar-refractivity contribution is 0.0196. The number of rotatable bonds is 5. The van der Waals surface area contributed by atoms with Crippen LogP contribution in [0.1, 0.15) is 54.4 Å². The van der Waals surface area contributed by atoms with Crippen molar-refractivity contribution in [3.8, 4) is 0 Å². The third kappa shape index (κ3) is 4.42. The Morgan fingerprint density at radius 3 is 2.38 bits per heavy atom. The monoisotopic (exact) mass is 379 g/mol. The molecule has 0 aromatic rings. The second kappa shape index (κ2) is 7.15. The van der Waals surface area contributed by atoms with E-state index in [9.17, 15) is 4.79 Å². The predicted octanol–water partition coefficient (Wildman–Crippen LogP) is 5.52. The molecule has 2 rings (SSSR count). The zero-order valence-electron chi connectivity index (χ0n) is 17.8. The Balaban J connectivity index is 2.18. The molecule has 2 bridgehead atoms. The van der Waals surface area contributed by atoms with Crippen molar-refractivity contribution >= 4 is 14.4 Å². The summed E-state index contributed by atoms with van der Waals surface area (Å²) in [6, 6.07) is 0.180. The van der Waals surface area contributed by atoms with Crippen LogP contribution in [0.15, 0.2) is 24.8 Å². The van der Waals surface area contributed by atoms with Gasteiger partial charge in [-0.25, -0.2) is 4.79 Å². The Kier molecular flexibility index (Phi) is 5.84. The minimum absolute atomic E-state index is 0.0598. The maximum absolute atomic E-state index is 12.7. The minimum atomic E-state index is -1.89. The molecule has 0 aliphatic carbocycles. The van der Waals surface area contributed by atoms with Gasteiger partial charge in [-0.15, -0.1) is 6.58 Å². The lowest BCUT2D eigenvalue weighted by Gasteiger charge is -2.41. The number of carbonyl (C=O) groups is 1. The maximum atomic E-state index is 12.7. The second-order valence-corrected chi connectivity index (χ2v) is 14.9. The normalized spacial score (nSPS) is 26.9. The van der Waals surface area contributed by atoms with Crippen molar-refractivity contribution in [3.63, 3.8) is 0 Å². The minimum Gasteiger partial charge on any atom is -0.444 e. The van der Waals surface area contributed by atoms with Gasteiger partial charge in [0.2, 0.25) is 0 Å². The molecule has 2 aliphatic heterocycles. The summed E-state index contributed by atoms with van der Waals surface area (Å²) in [6.45, 7) is 21.0. The molecule has 26 heavy (non-hydrogen) atoms. The highest BCUT2D eigenvalue weighted by Crippen LogP contribution is 2.44. The van der Waals surface area contributed by atoms with Crippen LogP contribution in [0, 0.1) is 5.92 Å². The number of ether oxygens (including phenoxy) is 1. The van der Waals surface area contributed by atoms with Gasteiger partial charge in [0.25, 0.3) is 0 Å². The van der Waals surface area contributed by atoms with E-state index in [0.29, 0.717) is 5.92 Å². The molecule has 4 nitrogen and oxygen atoms in total. The van der Waals surface area contributed by atoms with E-state index in [-0.39, 0.29) is 29.3 Å². The molecule has 0 saturated carbocycles. The first kappa shape index (κ1) is 21.2. The van der Waals surface area contributed by atoms with Gasteiger partial charge < -0.3 is 9.16 Å². The van der Waals surface area contributed by atoms with Crippen molar-refractivity contribution in [1.29, 1.82) is 0 Å². The fourth-order valence-electron chi connectivity index (χ4n) is 3.58. The highest BCUT2D eigenvalue weighted by atomic mass is 28.4. The van der Waals surface area contributed by atoms with Crippen LogP contribution in [0.2, 0.25) is 18.1 Å². The highest BCUT2D eigenvalue weighted by Gasteiger charge is 2.51. The summed E-state index contributed by atoms with van der Waals surface area (Å²) in [6.07, 6.45) is 7.88. The first-order valence-corrected chi connectivity index (χ1v) is 12.7. The van der Waals surface area contributed by atoms with Gasteiger partial charge in [-0.3, -0.25) is 4.90 Å². The van der Waals surface area contributed by atoms with Gasteiger partial charge in [0, 0.05) is 5.92 Å². The van der Waals surface area contributed by atoms with Crippen molar-refractivity contribution in [2.75, 3.05) is 0 Å². The lowest BCUT2D eigenvalue weighted by atomic mass is 9.88. The van der Waals surface area contributed by atoms with Gasteiger partial charge in [-0.2, -0.15) is 0 Å². The van der Waals surface area contributed by atoms with Crippen molar-refractivity contribution in [3.05, 3.63) is 24.8 Å². The van der Waals surface area contributed by atoms with Crippen LogP contribution in [0.5, 0.6) is 0 Å². The van der Waals surface area contributed by atoms with Gasteiger partial charge in [0.15, 0.2) is 8.32 Å². The third-order valence-corrected chi connectivity index (χ3v) is 10.4. The molecule has 1 saturated heterocycles. The van der Waals surface area contributed by atoms with Crippen LogP contribution in [0.3, 0.4) is 0 Å². The Hall–Kier alpha value is -1.07. The average Bonchev–Trinajstić information content (AvgIpc) is 3.01. The summed E-state index contributed by atoms with van der Waals surface area (Å²) in [5.41, 5.74) is -0.479. The molecule has 0 aromatic heterocycles. The lowest BCUT2D eigenvalue weighted by Crippen LogP contribution is -2.48. The number of fused-ring (bicyclic) bond motifs is 2. The molecule has 4 atom stereocenters. The molecule has 0 unspecified atom stereocenters. The zero-order valence-corrected chi connectivity index (χ0v) is 18.8. The molecule has 0 N–H and O–H groups in total. The van der Waals surface area contributed by atoms with Crippen molar-refractivity contribution in [1.82, 2.24) is 4.90 Å². The molecule has 2 heterocycles. The van der Waals surface area contributed by atoms with E-state index in [0.717, 1.165) is 12.8 Å². The number of hydrogen-bond donors (Lipinski definition) is 0. The van der Waals surface area contributed by atoms with E-state index in [4.69, 9.17) is 9.16 Å². The summed E-state index contributed by atoms with van der Waals surface area (Å²) in [4.78, 5) is 14.6. The molecular formula is C21H37NO3Si. The Morgan fingerprint density at radius 1 is 1.27 bits per heavy atom. The fraction of sp³-hybridized carbons (Fsp3) is 0.762. The number of nitrogens with zero attached hydrogens (tertiary/aromatic N) is 1. The zero-order chi connectivity index (χ0) is 19.9. The molecule has 2 aliphatic rings.